The van der Waals surface area contributed by atoms with Crippen LogP contribution < -0.4 is 5.32 Å². The standard InChI is InChI=1S/C13H10ClFN2O/c14-10-5-3-9(4-6-10)8-17-13(18)11-2-1-7-16-12(11)15/h1-7H,8H2,(H,17,18). The molecule has 2 aromatic rings. The van der Waals surface area contributed by atoms with Gasteiger partial charge in [0.2, 0.25) is 5.95 Å². The molecule has 5 heteroatoms. The Balaban J connectivity index is 2.01. The summed E-state index contributed by atoms with van der Waals surface area (Å²) < 4.78 is 13.2. The lowest BCUT2D eigenvalue weighted by atomic mass is 10.2. The van der Waals surface area contributed by atoms with Crippen molar-refractivity contribution in [2.24, 2.45) is 0 Å². The Labute approximate surface area is 109 Å². The number of halogens is 2. The first-order chi connectivity index (χ1) is 8.66. The number of aromatic nitrogens is 1. The smallest absolute Gasteiger partial charge is 0.256 e. The van der Waals surface area contributed by atoms with Crippen molar-refractivity contribution in [2.45, 2.75) is 6.54 Å². The molecule has 0 unspecified atom stereocenters. The zero-order chi connectivity index (χ0) is 13.0. The highest BCUT2D eigenvalue weighted by Crippen LogP contribution is 2.09. The topological polar surface area (TPSA) is 42.0 Å². The molecule has 0 aliphatic heterocycles. The zero-order valence-corrected chi connectivity index (χ0v) is 10.1. The molecule has 18 heavy (non-hydrogen) atoms. The second-order valence-corrected chi connectivity index (χ2v) is 4.09. The van der Waals surface area contributed by atoms with Gasteiger partial charge in [0.25, 0.3) is 5.91 Å². The van der Waals surface area contributed by atoms with Crippen LogP contribution in [0.2, 0.25) is 5.02 Å². The van der Waals surface area contributed by atoms with Gasteiger partial charge in [-0.3, -0.25) is 4.79 Å². The fourth-order valence-electron chi connectivity index (χ4n) is 1.44. The summed E-state index contributed by atoms with van der Waals surface area (Å²) in [6, 6.07) is 9.95. The van der Waals surface area contributed by atoms with E-state index in [4.69, 9.17) is 11.6 Å². The number of pyridine rings is 1. The summed E-state index contributed by atoms with van der Waals surface area (Å²) >= 11 is 5.75. The van der Waals surface area contributed by atoms with Gasteiger partial charge in [-0.15, -0.1) is 0 Å². The number of carbonyl (C=O) groups is 1. The highest BCUT2D eigenvalue weighted by molar-refractivity contribution is 6.30. The molecule has 3 nitrogen and oxygen atoms in total. The first kappa shape index (κ1) is 12.5. The molecule has 0 bridgehead atoms. The summed E-state index contributed by atoms with van der Waals surface area (Å²) in [4.78, 5) is 15.1. The molecule has 1 amide bonds. The van der Waals surface area contributed by atoms with Crippen LogP contribution in [0.15, 0.2) is 42.6 Å². The van der Waals surface area contributed by atoms with Gasteiger partial charge in [-0.2, -0.15) is 4.39 Å². The van der Waals surface area contributed by atoms with E-state index in [-0.39, 0.29) is 5.56 Å². The van der Waals surface area contributed by atoms with Crippen LogP contribution in [0, 0.1) is 5.95 Å². The lowest BCUT2D eigenvalue weighted by Gasteiger charge is -2.05. The number of rotatable bonds is 3. The van der Waals surface area contributed by atoms with E-state index in [1.807, 2.05) is 0 Å². The molecule has 1 aromatic carbocycles. The van der Waals surface area contributed by atoms with Crippen molar-refractivity contribution in [2.75, 3.05) is 0 Å². The molecule has 1 heterocycles. The molecular weight excluding hydrogens is 255 g/mol. The van der Waals surface area contributed by atoms with Crippen molar-refractivity contribution < 1.29 is 9.18 Å². The number of nitrogens with one attached hydrogen (secondary N) is 1. The van der Waals surface area contributed by atoms with Crippen LogP contribution in [0.3, 0.4) is 0 Å². The van der Waals surface area contributed by atoms with Gasteiger partial charge in [0.1, 0.15) is 0 Å². The van der Waals surface area contributed by atoms with Gasteiger partial charge in [-0.05, 0) is 29.8 Å². The largest absolute Gasteiger partial charge is 0.348 e. The van der Waals surface area contributed by atoms with Gasteiger partial charge in [-0.25, -0.2) is 4.98 Å². The minimum Gasteiger partial charge on any atom is -0.348 e. The number of carbonyl (C=O) groups excluding carboxylic acids is 1. The van der Waals surface area contributed by atoms with E-state index in [9.17, 15) is 9.18 Å². The molecule has 2 rings (SSSR count). The minimum absolute atomic E-state index is 0.0635. The number of benzene rings is 1. The minimum atomic E-state index is -0.772. The predicted molar refractivity (Wildman–Crippen MR) is 66.8 cm³/mol. The van der Waals surface area contributed by atoms with E-state index < -0.39 is 11.9 Å². The predicted octanol–water partition coefficient (Wildman–Crippen LogP) is 2.80. The highest BCUT2D eigenvalue weighted by atomic mass is 35.5. The maximum absolute atomic E-state index is 13.2. The molecule has 0 aliphatic rings. The number of nitrogens with zero attached hydrogens (tertiary/aromatic N) is 1. The summed E-state index contributed by atoms with van der Waals surface area (Å²) in [5.41, 5.74) is 0.823. The Morgan fingerprint density at radius 3 is 2.67 bits per heavy atom. The third-order valence-corrected chi connectivity index (χ3v) is 2.62. The molecule has 0 saturated heterocycles. The Hall–Kier alpha value is -1.94. The monoisotopic (exact) mass is 264 g/mol. The lowest BCUT2D eigenvalue weighted by Crippen LogP contribution is -2.24. The second kappa shape index (κ2) is 5.60. The van der Waals surface area contributed by atoms with Gasteiger partial charge in [0, 0.05) is 17.8 Å². The molecule has 92 valence electrons. The average Bonchev–Trinajstić information content (AvgIpc) is 2.38. The SMILES string of the molecule is O=C(NCc1ccc(Cl)cc1)c1cccnc1F. The van der Waals surface area contributed by atoms with Crippen molar-refractivity contribution in [3.05, 3.63) is 64.7 Å². The highest BCUT2D eigenvalue weighted by Gasteiger charge is 2.11. The first-order valence-corrected chi connectivity index (χ1v) is 5.68. The third kappa shape index (κ3) is 3.05. The van der Waals surface area contributed by atoms with E-state index in [1.165, 1.54) is 18.3 Å². The van der Waals surface area contributed by atoms with E-state index in [1.54, 1.807) is 24.3 Å². The maximum Gasteiger partial charge on any atom is 0.256 e. The summed E-state index contributed by atoms with van der Waals surface area (Å²) in [6.07, 6.45) is 1.30. The molecule has 0 radical (unpaired) electrons. The Kier molecular flexibility index (Phi) is 3.89. The molecule has 0 fully saturated rings. The fraction of sp³-hybridized carbons (Fsp3) is 0.0769. The van der Waals surface area contributed by atoms with Gasteiger partial charge in [0.15, 0.2) is 0 Å². The van der Waals surface area contributed by atoms with Crippen molar-refractivity contribution >= 4 is 17.5 Å². The quantitative estimate of drug-likeness (QED) is 0.866. The van der Waals surface area contributed by atoms with Gasteiger partial charge >= 0.3 is 0 Å². The van der Waals surface area contributed by atoms with Crippen LogP contribution >= 0.6 is 11.6 Å². The average molecular weight is 265 g/mol. The van der Waals surface area contributed by atoms with Crippen LogP contribution in [-0.2, 0) is 6.54 Å². The maximum atomic E-state index is 13.2. The summed E-state index contributed by atoms with van der Waals surface area (Å²) in [7, 11) is 0. The van der Waals surface area contributed by atoms with Crippen LogP contribution in [-0.4, -0.2) is 10.9 Å². The first-order valence-electron chi connectivity index (χ1n) is 5.30. The molecule has 0 spiro atoms. The van der Waals surface area contributed by atoms with E-state index in [0.717, 1.165) is 5.56 Å². The molecular formula is C13H10ClFN2O. The van der Waals surface area contributed by atoms with Gasteiger partial charge < -0.3 is 5.32 Å². The van der Waals surface area contributed by atoms with Crippen LogP contribution in [0.1, 0.15) is 15.9 Å². The van der Waals surface area contributed by atoms with Crippen LogP contribution in [0.4, 0.5) is 4.39 Å². The fourth-order valence-corrected chi connectivity index (χ4v) is 1.56. The summed E-state index contributed by atoms with van der Waals surface area (Å²) in [5, 5.41) is 3.24. The van der Waals surface area contributed by atoms with Crippen LogP contribution in [0.25, 0.3) is 0 Å². The van der Waals surface area contributed by atoms with Crippen molar-refractivity contribution in [3.63, 3.8) is 0 Å². The third-order valence-electron chi connectivity index (χ3n) is 2.37. The molecule has 0 saturated carbocycles. The Morgan fingerprint density at radius 2 is 2.00 bits per heavy atom. The number of hydrogen-bond acceptors (Lipinski definition) is 2. The zero-order valence-electron chi connectivity index (χ0n) is 9.36. The van der Waals surface area contributed by atoms with E-state index >= 15 is 0 Å². The van der Waals surface area contributed by atoms with E-state index in [0.29, 0.717) is 11.6 Å². The normalized spacial score (nSPS) is 10.1. The van der Waals surface area contributed by atoms with Crippen molar-refractivity contribution in [3.8, 4) is 0 Å². The Bertz CT molecular complexity index is 557. The summed E-state index contributed by atoms with van der Waals surface area (Å²) in [6.45, 7) is 0.310. The van der Waals surface area contributed by atoms with Gasteiger partial charge in [-0.1, -0.05) is 23.7 Å². The summed E-state index contributed by atoms with van der Waals surface area (Å²) in [5.74, 6) is -1.26. The van der Waals surface area contributed by atoms with Crippen molar-refractivity contribution in [1.82, 2.24) is 10.3 Å². The molecule has 0 aliphatic carbocycles. The molecule has 1 N–H and O–H groups in total. The number of amides is 1. The molecule has 1 aromatic heterocycles. The second-order valence-electron chi connectivity index (χ2n) is 3.65. The number of hydrogen-bond donors (Lipinski definition) is 1. The Morgan fingerprint density at radius 1 is 1.28 bits per heavy atom. The van der Waals surface area contributed by atoms with Gasteiger partial charge in [0.05, 0.1) is 5.56 Å². The van der Waals surface area contributed by atoms with E-state index in [2.05, 4.69) is 10.3 Å². The lowest BCUT2D eigenvalue weighted by molar-refractivity contribution is 0.0946. The van der Waals surface area contributed by atoms with Crippen molar-refractivity contribution in [1.29, 1.82) is 0 Å². The van der Waals surface area contributed by atoms with Crippen LogP contribution in [0.5, 0.6) is 0 Å². The molecule has 0 atom stereocenters.